The van der Waals surface area contributed by atoms with Gasteiger partial charge in [0.25, 0.3) is 0 Å². The highest BCUT2D eigenvalue weighted by atomic mass is 16.5. The maximum atomic E-state index is 11.9. The van der Waals surface area contributed by atoms with E-state index < -0.39 is 5.54 Å². The summed E-state index contributed by atoms with van der Waals surface area (Å²) in [5, 5.41) is 3.07. The van der Waals surface area contributed by atoms with Crippen LogP contribution in [0.3, 0.4) is 0 Å². The highest BCUT2D eigenvalue weighted by Gasteiger charge is 2.44. The van der Waals surface area contributed by atoms with Crippen LogP contribution in [0.1, 0.15) is 47.5 Å². The molecule has 0 saturated carbocycles. The minimum atomic E-state index is -0.624. The van der Waals surface area contributed by atoms with E-state index in [9.17, 15) is 4.79 Å². The van der Waals surface area contributed by atoms with Gasteiger partial charge in [-0.05, 0) is 25.8 Å². The highest BCUT2D eigenvalue weighted by Crippen LogP contribution is 2.30. The number of unbranched alkanes of at least 4 members (excludes halogenated alkanes) is 1. The molecular formula is C12H25NO2. The Morgan fingerprint density at radius 3 is 2.13 bits per heavy atom. The van der Waals surface area contributed by atoms with Crippen LogP contribution in [0, 0.1) is 5.41 Å². The SMILES string of the molecule is CCCCOC(=O)C(C)(NC)C(C)(C)C. The fourth-order valence-electron chi connectivity index (χ4n) is 1.24. The molecule has 1 N–H and O–H groups in total. The Hall–Kier alpha value is -0.570. The van der Waals surface area contributed by atoms with Crippen molar-refractivity contribution >= 4 is 5.97 Å². The lowest BCUT2D eigenvalue weighted by Gasteiger charge is -2.39. The van der Waals surface area contributed by atoms with Crippen LogP contribution in [0.2, 0.25) is 0 Å². The molecule has 15 heavy (non-hydrogen) atoms. The Bertz CT molecular complexity index is 208. The molecule has 1 unspecified atom stereocenters. The van der Waals surface area contributed by atoms with Crippen molar-refractivity contribution in [3.05, 3.63) is 0 Å². The minimum Gasteiger partial charge on any atom is -0.464 e. The lowest BCUT2D eigenvalue weighted by atomic mass is 9.75. The Labute approximate surface area is 93.6 Å². The van der Waals surface area contributed by atoms with Crippen molar-refractivity contribution in [1.82, 2.24) is 5.32 Å². The molecule has 3 nitrogen and oxygen atoms in total. The van der Waals surface area contributed by atoms with Gasteiger partial charge in [0.1, 0.15) is 5.54 Å². The number of rotatable bonds is 5. The first-order valence-electron chi connectivity index (χ1n) is 5.65. The molecule has 0 aliphatic heterocycles. The number of likely N-dealkylation sites (N-methyl/N-ethyl adjacent to an activating group) is 1. The average molecular weight is 215 g/mol. The zero-order valence-electron chi connectivity index (χ0n) is 10.9. The first kappa shape index (κ1) is 14.4. The Kier molecular flexibility index (Phi) is 5.29. The van der Waals surface area contributed by atoms with Crippen LogP contribution in [-0.2, 0) is 9.53 Å². The largest absolute Gasteiger partial charge is 0.464 e. The van der Waals surface area contributed by atoms with Crippen LogP contribution in [-0.4, -0.2) is 25.2 Å². The zero-order chi connectivity index (χ0) is 12.1. The topological polar surface area (TPSA) is 38.3 Å². The molecule has 0 aliphatic carbocycles. The second-order valence-electron chi connectivity index (χ2n) is 5.11. The van der Waals surface area contributed by atoms with Gasteiger partial charge in [0.15, 0.2) is 0 Å². The van der Waals surface area contributed by atoms with E-state index in [1.807, 2.05) is 27.7 Å². The summed E-state index contributed by atoms with van der Waals surface area (Å²) in [7, 11) is 1.80. The molecule has 0 fully saturated rings. The summed E-state index contributed by atoms with van der Waals surface area (Å²) in [4.78, 5) is 11.9. The standard InChI is InChI=1S/C12H25NO2/c1-7-8-9-15-10(14)12(5,13-6)11(2,3)4/h13H,7-9H2,1-6H3. The quantitative estimate of drug-likeness (QED) is 0.565. The van der Waals surface area contributed by atoms with Crippen LogP contribution in [0.15, 0.2) is 0 Å². The van der Waals surface area contributed by atoms with Crippen molar-refractivity contribution in [2.24, 2.45) is 5.41 Å². The van der Waals surface area contributed by atoms with Crippen LogP contribution in [0.25, 0.3) is 0 Å². The van der Waals surface area contributed by atoms with Crippen molar-refractivity contribution < 1.29 is 9.53 Å². The molecule has 0 saturated heterocycles. The normalized spacial score (nSPS) is 15.9. The third-order valence-corrected chi connectivity index (χ3v) is 3.14. The van der Waals surface area contributed by atoms with E-state index >= 15 is 0 Å². The first-order valence-corrected chi connectivity index (χ1v) is 5.65. The van der Waals surface area contributed by atoms with Crippen molar-refractivity contribution in [3.8, 4) is 0 Å². The minimum absolute atomic E-state index is 0.161. The van der Waals surface area contributed by atoms with Gasteiger partial charge in [0, 0.05) is 0 Å². The van der Waals surface area contributed by atoms with Crippen molar-refractivity contribution in [1.29, 1.82) is 0 Å². The van der Waals surface area contributed by atoms with Crippen LogP contribution < -0.4 is 5.32 Å². The van der Waals surface area contributed by atoms with Crippen molar-refractivity contribution in [2.45, 2.75) is 53.0 Å². The highest BCUT2D eigenvalue weighted by molar-refractivity contribution is 5.81. The molecule has 0 amide bonds. The van der Waals surface area contributed by atoms with E-state index in [0.29, 0.717) is 6.61 Å². The predicted molar refractivity (Wildman–Crippen MR) is 62.8 cm³/mol. The molecule has 90 valence electrons. The second-order valence-corrected chi connectivity index (χ2v) is 5.11. The second kappa shape index (κ2) is 5.50. The van der Waals surface area contributed by atoms with Gasteiger partial charge in [-0.25, -0.2) is 0 Å². The molecule has 0 spiro atoms. The summed E-state index contributed by atoms with van der Waals surface area (Å²) in [6, 6.07) is 0. The van der Waals surface area contributed by atoms with Gasteiger partial charge in [-0.2, -0.15) is 0 Å². The Morgan fingerprint density at radius 2 is 1.80 bits per heavy atom. The van der Waals surface area contributed by atoms with E-state index in [-0.39, 0.29) is 11.4 Å². The number of ether oxygens (including phenoxy) is 1. The van der Waals surface area contributed by atoms with Gasteiger partial charge >= 0.3 is 5.97 Å². The maximum absolute atomic E-state index is 11.9. The summed E-state index contributed by atoms with van der Waals surface area (Å²) in [6.45, 7) is 10.6. The molecule has 0 radical (unpaired) electrons. The number of carbonyl (C=O) groups excluding carboxylic acids is 1. The molecule has 0 aliphatic rings. The summed E-state index contributed by atoms with van der Waals surface area (Å²) in [5.74, 6) is -0.161. The molecule has 0 aromatic carbocycles. The average Bonchev–Trinajstić information content (AvgIpc) is 2.15. The fourth-order valence-corrected chi connectivity index (χ4v) is 1.24. The third kappa shape index (κ3) is 3.49. The number of carbonyl (C=O) groups is 1. The molecular weight excluding hydrogens is 190 g/mol. The van der Waals surface area contributed by atoms with Gasteiger partial charge in [-0.15, -0.1) is 0 Å². The fraction of sp³-hybridized carbons (Fsp3) is 0.917. The Morgan fingerprint density at radius 1 is 1.27 bits per heavy atom. The maximum Gasteiger partial charge on any atom is 0.326 e. The van der Waals surface area contributed by atoms with Crippen LogP contribution >= 0.6 is 0 Å². The van der Waals surface area contributed by atoms with E-state index in [1.54, 1.807) is 7.05 Å². The van der Waals surface area contributed by atoms with Gasteiger partial charge < -0.3 is 10.1 Å². The summed E-state index contributed by atoms with van der Waals surface area (Å²) >= 11 is 0. The molecule has 0 bridgehead atoms. The zero-order valence-corrected chi connectivity index (χ0v) is 10.9. The number of hydrogen-bond acceptors (Lipinski definition) is 3. The number of esters is 1. The van der Waals surface area contributed by atoms with E-state index in [2.05, 4.69) is 12.2 Å². The van der Waals surface area contributed by atoms with E-state index in [1.165, 1.54) is 0 Å². The van der Waals surface area contributed by atoms with Crippen molar-refractivity contribution in [3.63, 3.8) is 0 Å². The molecule has 0 rings (SSSR count). The van der Waals surface area contributed by atoms with Crippen molar-refractivity contribution in [2.75, 3.05) is 13.7 Å². The lowest BCUT2D eigenvalue weighted by Crippen LogP contribution is -2.57. The smallest absolute Gasteiger partial charge is 0.326 e. The lowest BCUT2D eigenvalue weighted by molar-refractivity contribution is -0.155. The first-order chi connectivity index (χ1) is 6.79. The predicted octanol–water partition coefficient (Wildman–Crippen LogP) is 2.35. The summed E-state index contributed by atoms with van der Waals surface area (Å²) in [6.07, 6.45) is 1.97. The monoisotopic (exact) mass is 215 g/mol. The van der Waals surface area contributed by atoms with Gasteiger partial charge in [0.05, 0.1) is 6.61 Å². The van der Waals surface area contributed by atoms with E-state index in [0.717, 1.165) is 12.8 Å². The molecule has 0 aromatic rings. The van der Waals surface area contributed by atoms with Crippen LogP contribution in [0.5, 0.6) is 0 Å². The van der Waals surface area contributed by atoms with E-state index in [4.69, 9.17) is 4.74 Å². The molecule has 3 heteroatoms. The number of hydrogen-bond donors (Lipinski definition) is 1. The summed E-state index contributed by atoms with van der Waals surface area (Å²) in [5.41, 5.74) is -0.786. The molecule has 0 aromatic heterocycles. The van der Waals surface area contributed by atoms with Gasteiger partial charge in [0.2, 0.25) is 0 Å². The van der Waals surface area contributed by atoms with Crippen LogP contribution in [0.4, 0.5) is 0 Å². The molecule has 0 heterocycles. The summed E-state index contributed by atoms with van der Waals surface area (Å²) < 4.78 is 5.26. The van der Waals surface area contributed by atoms with Gasteiger partial charge in [-0.3, -0.25) is 4.79 Å². The Balaban J connectivity index is 4.46. The number of nitrogens with one attached hydrogen (secondary N) is 1. The molecule has 1 atom stereocenters. The third-order valence-electron chi connectivity index (χ3n) is 3.14. The van der Waals surface area contributed by atoms with Gasteiger partial charge in [-0.1, -0.05) is 34.1 Å².